The number of para-hydroxylation sites is 2. The monoisotopic (exact) mass is 508 g/mol. The van der Waals surface area contributed by atoms with Crippen LogP contribution in [0.4, 0.5) is 5.69 Å². The second-order valence-corrected chi connectivity index (χ2v) is 9.55. The number of amides is 1. The minimum Gasteiger partial charge on any atom is -0.326 e. The van der Waals surface area contributed by atoms with E-state index < -0.39 is 0 Å². The number of aromatic nitrogens is 1. The zero-order chi connectivity index (χ0) is 26.7. The number of nitrogens with one attached hydrogen (secondary N) is 2. The molecule has 2 aliphatic rings. The molecule has 1 saturated heterocycles. The summed E-state index contributed by atoms with van der Waals surface area (Å²) in [7, 11) is 2.07. The number of hydrogen-bond acceptors (Lipinski definition) is 4. The van der Waals surface area contributed by atoms with E-state index in [0.717, 1.165) is 54.2 Å². The van der Waals surface area contributed by atoms with Gasteiger partial charge in [-0.2, -0.15) is 0 Å². The summed E-state index contributed by atoms with van der Waals surface area (Å²) in [6, 6.07) is 22.0. The zero-order valence-corrected chi connectivity index (χ0v) is 22.1. The fraction of sp³-hybridized carbons (Fsp3) is 0.250. The van der Waals surface area contributed by atoms with Crippen LogP contribution in [0.1, 0.15) is 34.1 Å². The number of aldehydes is 1. The summed E-state index contributed by atoms with van der Waals surface area (Å²) < 4.78 is 2.16. The normalized spacial score (nSPS) is 17.4. The first-order valence-electron chi connectivity index (χ1n) is 13.1. The minimum absolute atomic E-state index is 0.0803. The van der Waals surface area contributed by atoms with Crippen LogP contribution in [0.5, 0.6) is 0 Å². The molecule has 3 aromatic rings. The van der Waals surface area contributed by atoms with E-state index in [2.05, 4.69) is 51.4 Å². The first kappa shape index (κ1) is 27.0. The first-order valence-corrected chi connectivity index (χ1v) is 13.1. The quantitative estimate of drug-likeness (QED) is 0.445. The van der Waals surface area contributed by atoms with Gasteiger partial charge in [-0.3, -0.25) is 9.59 Å². The number of benzene rings is 2. The largest absolute Gasteiger partial charge is 0.326 e. The fourth-order valence-corrected chi connectivity index (χ4v) is 4.82. The van der Waals surface area contributed by atoms with Gasteiger partial charge in [-0.25, -0.2) is 0 Å². The van der Waals surface area contributed by atoms with Crippen molar-refractivity contribution in [2.24, 2.45) is 0 Å². The fourth-order valence-electron chi connectivity index (χ4n) is 4.82. The topological polar surface area (TPSA) is 66.4 Å². The molecule has 1 fully saturated rings. The third-order valence-electron chi connectivity index (χ3n) is 6.80. The highest BCUT2D eigenvalue weighted by Crippen LogP contribution is 2.29. The van der Waals surface area contributed by atoms with Gasteiger partial charge in [0.05, 0.1) is 0 Å². The highest BCUT2D eigenvalue weighted by Gasteiger charge is 2.21. The van der Waals surface area contributed by atoms with Gasteiger partial charge >= 0.3 is 0 Å². The van der Waals surface area contributed by atoms with Gasteiger partial charge in [-0.15, -0.1) is 0 Å². The lowest BCUT2D eigenvalue weighted by Gasteiger charge is -2.32. The van der Waals surface area contributed by atoms with Crippen LogP contribution in [0, 0.1) is 6.92 Å². The summed E-state index contributed by atoms with van der Waals surface area (Å²) in [6.07, 6.45) is 13.8. The molecule has 0 radical (unpaired) electrons. The number of hydrogen-bond donors (Lipinski definition) is 2. The summed E-state index contributed by atoms with van der Waals surface area (Å²) in [5, 5.41) is 6.23. The predicted octanol–water partition coefficient (Wildman–Crippen LogP) is 5.28. The van der Waals surface area contributed by atoms with Crippen molar-refractivity contribution in [3.8, 4) is 5.69 Å². The Morgan fingerprint density at radius 1 is 1.00 bits per heavy atom. The smallest absolute Gasteiger partial charge is 0.225 e. The number of piperazine rings is 1. The van der Waals surface area contributed by atoms with Crippen molar-refractivity contribution in [2.75, 3.05) is 32.0 Å². The molecule has 196 valence electrons. The van der Waals surface area contributed by atoms with Crippen molar-refractivity contribution in [1.29, 1.82) is 0 Å². The number of carbonyl (C=O) groups is 2. The summed E-state index contributed by atoms with van der Waals surface area (Å²) in [5.74, 6) is 0.172. The molecule has 1 aliphatic carbocycles. The summed E-state index contributed by atoms with van der Waals surface area (Å²) in [6.45, 7) is 4.93. The van der Waals surface area contributed by atoms with Crippen molar-refractivity contribution in [2.45, 2.75) is 25.3 Å². The van der Waals surface area contributed by atoms with Crippen molar-refractivity contribution in [1.82, 2.24) is 14.8 Å². The van der Waals surface area contributed by atoms with Gasteiger partial charge in [0.15, 0.2) is 6.29 Å². The van der Waals surface area contributed by atoms with Crippen LogP contribution in [-0.2, 0) is 4.79 Å². The van der Waals surface area contributed by atoms with Crippen LogP contribution < -0.4 is 10.6 Å². The van der Waals surface area contributed by atoms with E-state index in [-0.39, 0.29) is 11.8 Å². The van der Waals surface area contributed by atoms with E-state index >= 15 is 0 Å². The van der Waals surface area contributed by atoms with Crippen molar-refractivity contribution < 1.29 is 9.59 Å². The van der Waals surface area contributed by atoms with Crippen LogP contribution in [-0.4, -0.2) is 54.4 Å². The Labute approximate surface area is 225 Å². The molecule has 5 rings (SSSR count). The molecule has 1 atom stereocenters. The minimum atomic E-state index is 0.0803. The molecule has 6 nitrogen and oxygen atoms in total. The third-order valence-corrected chi connectivity index (χ3v) is 6.80. The zero-order valence-electron chi connectivity index (χ0n) is 22.1. The van der Waals surface area contributed by atoms with Crippen molar-refractivity contribution in [3.05, 3.63) is 120 Å². The molecule has 1 amide bonds. The molecule has 0 saturated carbocycles. The Bertz CT molecular complexity index is 1280. The lowest BCUT2D eigenvalue weighted by Crippen LogP contribution is -2.50. The maximum Gasteiger partial charge on any atom is 0.225 e. The van der Waals surface area contributed by atoms with E-state index in [0.29, 0.717) is 12.5 Å². The van der Waals surface area contributed by atoms with Gasteiger partial charge in [-0.1, -0.05) is 72.9 Å². The van der Waals surface area contributed by atoms with E-state index in [4.69, 9.17) is 0 Å². The van der Waals surface area contributed by atoms with Gasteiger partial charge in [0.1, 0.15) is 0 Å². The summed E-state index contributed by atoms with van der Waals surface area (Å²) in [5.41, 5.74) is 4.78. The lowest BCUT2D eigenvalue weighted by molar-refractivity contribution is -0.117. The van der Waals surface area contributed by atoms with E-state index in [1.54, 1.807) is 0 Å². The maximum atomic E-state index is 11.9. The maximum absolute atomic E-state index is 11.9. The van der Waals surface area contributed by atoms with Gasteiger partial charge in [-0.05, 0) is 44.3 Å². The van der Waals surface area contributed by atoms with E-state index in [1.165, 1.54) is 0 Å². The molecular weight excluding hydrogens is 472 g/mol. The number of rotatable bonds is 6. The Kier molecular flexibility index (Phi) is 9.62. The molecule has 1 aromatic heterocycles. The summed E-state index contributed by atoms with van der Waals surface area (Å²) in [4.78, 5) is 25.6. The molecule has 0 spiro atoms. The van der Waals surface area contributed by atoms with E-state index in [1.807, 2.05) is 85.8 Å². The predicted molar refractivity (Wildman–Crippen MR) is 155 cm³/mol. The molecule has 2 heterocycles. The summed E-state index contributed by atoms with van der Waals surface area (Å²) >= 11 is 0. The second-order valence-electron chi connectivity index (χ2n) is 9.55. The number of aryl methyl sites for hydroxylation is 1. The molecule has 38 heavy (non-hydrogen) atoms. The van der Waals surface area contributed by atoms with Gasteiger partial charge in [0.2, 0.25) is 5.91 Å². The van der Waals surface area contributed by atoms with Gasteiger partial charge < -0.3 is 20.1 Å². The molecule has 0 bridgehead atoms. The second kappa shape index (κ2) is 13.5. The highest BCUT2D eigenvalue weighted by atomic mass is 16.1. The Hall–Kier alpha value is -4.00. The number of nitrogens with zero attached hydrogens (tertiary/aromatic N) is 2. The van der Waals surface area contributed by atoms with Crippen molar-refractivity contribution in [3.63, 3.8) is 0 Å². The molecular formula is C32H36N4O2. The molecule has 1 aliphatic heterocycles. The molecule has 1 unspecified atom stereocenters. The molecule has 2 aromatic carbocycles. The number of carbonyl (C=O) groups excluding carboxylic acids is 2. The van der Waals surface area contributed by atoms with E-state index in [9.17, 15) is 9.59 Å². The van der Waals surface area contributed by atoms with Crippen LogP contribution in [0.2, 0.25) is 0 Å². The van der Waals surface area contributed by atoms with Crippen LogP contribution in [0.3, 0.4) is 0 Å². The first-order chi connectivity index (χ1) is 18.6. The average Bonchev–Trinajstić information content (AvgIpc) is 3.08. The lowest BCUT2D eigenvalue weighted by atomic mass is 10.0. The third kappa shape index (κ3) is 7.06. The number of anilines is 1. The Morgan fingerprint density at radius 2 is 1.66 bits per heavy atom. The van der Waals surface area contributed by atoms with Crippen LogP contribution in [0.25, 0.3) is 5.69 Å². The Morgan fingerprint density at radius 3 is 2.29 bits per heavy atom. The number of likely N-dealkylation sites (N-methyl/N-ethyl adjacent to an activating group) is 1. The standard InChI is InChI=1S/C19H17NO.C13H19N3O/c1-15-13-17(14-21)19(16-9-5-2-3-6-10-16)20(15)18-11-7-4-8-12-18;1-16-8-7-14-10-12(16)9-13(17)15-11-5-3-2-4-6-11/h2-14,16H,1H3;2-6,12,14H,7-10H2,1H3,(H,15,17). The highest BCUT2D eigenvalue weighted by molar-refractivity contribution is 5.91. The molecule has 6 heteroatoms. The van der Waals surface area contributed by atoms with Gasteiger partial charge in [0.25, 0.3) is 0 Å². The van der Waals surface area contributed by atoms with Gasteiger partial charge in [0, 0.05) is 66.3 Å². The van der Waals surface area contributed by atoms with Crippen LogP contribution >= 0.6 is 0 Å². The molecule has 2 N–H and O–H groups in total. The van der Waals surface area contributed by atoms with Crippen LogP contribution in [0.15, 0.2) is 103 Å². The SMILES string of the molecule is CN1CCNCC1CC(=O)Nc1ccccc1.Cc1cc(C=O)c(C2C=CC=CC=C2)n1-c1ccccc1. The number of allylic oxidation sites excluding steroid dienone is 6. The van der Waals surface area contributed by atoms with Crippen molar-refractivity contribution >= 4 is 17.9 Å². The average molecular weight is 509 g/mol. The Balaban J connectivity index is 0.000000181.